The highest BCUT2D eigenvalue weighted by molar-refractivity contribution is 5.70. The molecule has 0 saturated carbocycles. The maximum absolute atomic E-state index is 11.2. The van der Waals surface area contributed by atoms with Crippen molar-refractivity contribution >= 4 is 17.7 Å². The van der Waals surface area contributed by atoms with Gasteiger partial charge in [-0.1, -0.05) is 24.3 Å². The molecule has 0 aliphatic carbocycles. The van der Waals surface area contributed by atoms with Crippen LogP contribution in [-0.4, -0.2) is 47.8 Å². The number of hydrogen-bond acceptors (Lipinski definition) is 6. The fourth-order valence-corrected chi connectivity index (χ4v) is 4.02. The van der Waals surface area contributed by atoms with Crippen LogP contribution in [0.1, 0.15) is 29.7 Å². The molecule has 1 saturated heterocycles. The van der Waals surface area contributed by atoms with Crippen LogP contribution >= 0.6 is 0 Å². The third-order valence-corrected chi connectivity index (χ3v) is 5.63. The molecule has 0 bridgehead atoms. The molecule has 3 heterocycles. The highest BCUT2D eigenvalue weighted by atomic mass is 16.5. The first-order valence-corrected chi connectivity index (χ1v) is 9.80. The van der Waals surface area contributed by atoms with Gasteiger partial charge in [0.05, 0.1) is 18.2 Å². The molecule has 7 nitrogen and oxygen atoms in total. The van der Waals surface area contributed by atoms with Gasteiger partial charge in [0.15, 0.2) is 0 Å². The Balaban J connectivity index is 1.57. The molecule has 0 amide bonds. The molecule has 0 atom stereocenters. The van der Waals surface area contributed by atoms with Crippen molar-refractivity contribution in [2.24, 2.45) is 5.92 Å². The van der Waals surface area contributed by atoms with Gasteiger partial charge in [-0.05, 0) is 30.4 Å². The van der Waals surface area contributed by atoms with Gasteiger partial charge in [0.25, 0.3) is 0 Å². The van der Waals surface area contributed by atoms with E-state index in [1.165, 1.54) is 11.1 Å². The summed E-state index contributed by atoms with van der Waals surface area (Å²) in [7, 11) is 1.66. The smallest absolute Gasteiger partial charge is 0.306 e. The summed E-state index contributed by atoms with van der Waals surface area (Å²) in [5, 5.41) is 9.24. The Bertz CT molecular complexity index is 849. The largest absolute Gasteiger partial charge is 0.481 e. The van der Waals surface area contributed by atoms with Crippen LogP contribution in [0.4, 0.5) is 11.8 Å². The molecule has 1 fully saturated rings. The Labute approximate surface area is 165 Å². The maximum atomic E-state index is 11.2. The number of aliphatic carboxylic acids is 1. The minimum atomic E-state index is -0.699. The molecule has 0 spiro atoms. The van der Waals surface area contributed by atoms with E-state index in [2.05, 4.69) is 34.1 Å². The van der Waals surface area contributed by atoms with Crippen molar-refractivity contribution in [2.45, 2.75) is 32.4 Å². The molecule has 0 radical (unpaired) electrons. The number of piperidine rings is 1. The molecule has 2 aliphatic heterocycles. The van der Waals surface area contributed by atoms with Gasteiger partial charge in [0.1, 0.15) is 5.82 Å². The highest BCUT2D eigenvalue weighted by Gasteiger charge is 2.26. The predicted octanol–water partition coefficient (Wildman–Crippen LogP) is 2.49. The van der Waals surface area contributed by atoms with Gasteiger partial charge in [-0.3, -0.25) is 4.79 Å². The lowest BCUT2D eigenvalue weighted by Crippen LogP contribution is -2.37. The summed E-state index contributed by atoms with van der Waals surface area (Å²) in [6, 6.07) is 10.5. The topological polar surface area (TPSA) is 78.8 Å². The van der Waals surface area contributed by atoms with Crippen LogP contribution in [0.15, 0.2) is 30.3 Å². The molecule has 0 unspecified atom stereocenters. The van der Waals surface area contributed by atoms with E-state index in [1.807, 2.05) is 6.07 Å². The molecule has 2 aliphatic rings. The van der Waals surface area contributed by atoms with Crippen molar-refractivity contribution in [1.29, 1.82) is 0 Å². The first-order chi connectivity index (χ1) is 13.6. The number of rotatable bonds is 5. The monoisotopic (exact) mass is 382 g/mol. The number of aromatic nitrogens is 2. The van der Waals surface area contributed by atoms with Crippen LogP contribution in [0, 0.1) is 5.92 Å². The number of anilines is 2. The van der Waals surface area contributed by atoms with Gasteiger partial charge in [0, 0.05) is 39.4 Å². The average Bonchev–Trinajstić information content (AvgIpc) is 2.73. The quantitative estimate of drug-likeness (QED) is 0.851. The molecule has 2 aromatic rings. The number of benzene rings is 1. The molecule has 1 aromatic carbocycles. The Hall–Kier alpha value is -2.67. The highest BCUT2D eigenvalue weighted by Crippen LogP contribution is 2.27. The van der Waals surface area contributed by atoms with E-state index < -0.39 is 5.97 Å². The first-order valence-electron chi connectivity index (χ1n) is 9.80. The molecule has 148 valence electrons. The van der Waals surface area contributed by atoms with Crippen molar-refractivity contribution in [2.75, 3.05) is 36.5 Å². The molecule has 28 heavy (non-hydrogen) atoms. The van der Waals surface area contributed by atoms with Gasteiger partial charge in [-0.15, -0.1) is 0 Å². The van der Waals surface area contributed by atoms with Crippen LogP contribution in [-0.2, 0) is 29.1 Å². The standard InChI is InChI=1S/C21H26N4O3/c1-28-14-18-12-19(24-9-7-16(8-10-24)20(26)27)23-21(22-18)25-11-6-15-4-2-3-5-17(15)13-25/h2-5,12,16H,6-11,13-14H2,1H3,(H,26,27). The van der Waals surface area contributed by atoms with Gasteiger partial charge >= 0.3 is 5.97 Å². The van der Waals surface area contributed by atoms with Crippen molar-refractivity contribution in [3.8, 4) is 0 Å². The fraction of sp³-hybridized carbons (Fsp3) is 0.476. The molecule has 1 N–H and O–H groups in total. The van der Waals surface area contributed by atoms with E-state index in [9.17, 15) is 9.90 Å². The Morgan fingerprint density at radius 3 is 2.61 bits per heavy atom. The average molecular weight is 382 g/mol. The minimum Gasteiger partial charge on any atom is -0.481 e. The van der Waals surface area contributed by atoms with Crippen molar-refractivity contribution in [3.63, 3.8) is 0 Å². The number of carbonyl (C=O) groups is 1. The SMILES string of the molecule is COCc1cc(N2CCC(C(=O)O)CC2)nc(N2CCc3ccccc3C2)n1. The second kappa shape index (κ2) is 8.14. The van der Waals surface area contributed by atoms with Crippen molar-refractivity contribution < 1.29 is 14.6 Å². The van der Waals surface area contributed by atoms with E-state index in [-0.39, 0.29) is 5.92 Å². The number of ether oxygens (including phenoxy) is 1. The molecule has 1 aromatic heterocycles. The van der Waals surface area contributed by atoms with E-state index in [0.29, 0.717) is 32.5 Å². The summed E-state index contributed by atoms with van der Waals surface area (Å²) in [5.74, 6) is 0.629. The lowest BCUT2D eigenvalue weighted by molar-refractivity contribution is -0.142. The number of fused-ring (bicyclic) bond motifs is 1. The Morgan fingerprint density at radius 1 is 1.14 bits per heavy atom. The number of methoxy groups -OCH3 is 1. The van der Waals surface area contributed by atoms with Gasteiger partial charge in [-0.2, -0.15) is 4.98 Å². The molecular formula is C21H26N4O3. The van der Waals surface area contributed by atoms with Gasteiger partial charge in [0.2, 0.25) is 5.95 Å². The van der Waals surface area contributed by atoms with E-state index >= 15 is 0 Å². The zero-order valence-corrected chi connectivity index (χ0v) is 16.2. The minimum absolute atomic E-state index is 0.255. The fourth-order valence-electron chi connectivity index (χ4n) is 4.02. The van der Waals surface area contributed by atoms with Crippen molar-refractivity contribution in [1.82, 2.24) is 9.97 Å². The first kappa shape index (κ1) is 18.7. The lowest BCUT2D eigenvalue weighted by atomic mass is 9.97. The van der Waals surface area contributed by atoms with Crippen molar-refractivity contribution in [3.05, 3.63) is 47.2 Å². The predicted molar refractivity (Wildman–Crippen MR) is 107 cm³/mol. The molecule has 7 heteroatoms. The van der Waals surface area contributed by atoms with Crippen LogP contribution in [0.3, 0.4) is 0 Å². The zero-order chi connectivity index (χ0) is 19.5. The van der Waals surface area contributed by atoms with E-state index in [0.717, 1.165) is 37.0 Å². The summed E-state index contributed by atoms with van der Waals surface area (Å²) < 4.78 is 5.31. The molecule has 4 rings (SSSR count). The number of carboxylic acid groups (broad SMARTS) is 1. The Morgan fingerprint density at radius 2 is 1.89 bits per heavy atom. The number of nitrogens with zero attached hydrogens (tertiary/aromatic N) is 4. The van der Waals surface area contributed by atoms with Crippen LogP contribution in [0.25, 0.3) is 0 Å². The second-order valence-corrected chi connectivity index (χ2v) is 7.49. The third-order valence-electron chi connectivity index (χ3n) is 5.63. The molecular weight excluding hydrogens is 356 g/mol. The zero-order valence-electron chi connectivity index (χ0n) is 16.2. The van der Waals surface area contributed by atoms with E-state index in [4.69, 9.17) is 14.7 Å². The lowest BCUT2D eigenvalue weighted by Gasteiger charge is -2.33. The third kappa shape index (κ3) is 3.94. The normalized spacial score (nSPS) is 17.5. The summed E-state index contributed by atoms with van der Waals surface area (Å²) in [4.78, 5) is 25.2. The van der Waals surface area contributed by atoms with Gasteiger partial charge in [-0.25, -0.2) is 4.98 Å². The van der Waals surface area contributed by atoms with Gasteiger partial charge < -0.3 is 19.6 Å². The Kier molecular flexibility index (Phi) is 5.43. The maximum Gasteiger partial charge on any atom is 0.306 e. The summed E-state index contributed by atoms with van der Waals surface area (Å²) in [6.45, 7) is 3.50. The van der Waals surface area contributed by atoms with E-state index in [1.54, 1.807) is 7.11 Å². The van der Waals surface area contributed by atoms with Crippen LogP contribution < -0.4 is 9.80 Å². The summed E-state index contributed by atoms with van der Waals surface area (Å²) in [5.41, 5.74) is 3.56. The summed E-state index contributed by atoms with van der Waals surface area (Å²) >= 11 is 0. The van der Waals surface area contributed by atoms with Crippen LogP contribution in [0.2, 0.25) is 0 Å². The summed E-state index contributed by atoms with van der Waals surface area (Å²) in [6.07, 6.45) is 2.27. The second-order valence-electron chi connectivity index (χ2n) is 7.49. The number of carboxylic acids is 1. The van der Waals surface area contributed by atoms with Crippen LogP contribution in [0.5, 0.6) is 0 Å². The number of hydrogen-bond donors (Lipinski definition) is 1.